The lowest BCUT2D eigenvalue weighted by atomic mass is 10.3. The standard InChI is InChI=1S/C11H16O3/c1-2-13-8-3-9-14-11-6-4-10(12)5-7-11/h4-7,12H,2-3,8-9H2,1H3. The average Bonchev–Trinajstić information content (AvgIpc) is 2.21. The van der Waals surface area contributed by atoms with Crippen LogP contribution in [-0.4, -0.2) is 24.9 Å². The molecular weight excluding hydrogens is 180 g/mol. The molecule has 1 aromatic rings. The zero-order chi connectivity index (χ0) is 10.2. The van der Waals surface area contributed by atoms with E-state index in [0.29, 0.717) is 6.61 Å². The van der Waals surface area contributed by atoms with Gasteiger partial charge in [0.2, 0.25) is 0 Å². The van der Waals surface area contributed by atoms with E-state index >= 15 is 0 Å². The number of aromatic hydroxyl groups is 1. The van der Waals surface area contributed by atoms with Crippen LogP contribution < -0.4 is 4.74 Å². The monoisotopic (exact) mass is 196 g/mol. The first-order valence-electron chi connectivity index (χ1n) is 4.82. The van der Waals surface area contributed by atoms with E-state index in [1.165, 1.54) is 0 Å². The van der Waals surface area contributed by atoms with Crippen LogP contribution in [0.5, 0.6) is 11.5 Å². The summed E-state index contributed by atoms with van der Waals surface area (Å²) in [5.41, 5.74) is 0. The number of benzene rings is 1. The maximum absolute atomic E-state index is 9.02. The van der Waals surface area contributed by atoms with Crippen LogP contribution in [0, 0.1) is 0 Å². The largest absolute Gasteiger partial charge is 0.508 e. The van der Waals surface area contributed by atoms with Gasteiger partial charge in [-0.15, -0.1) is 0 Å². The molecule has 0 saturated carbocycles. The Morgan fingerprint density at radius 2 is 1.86 bits per heavy atom. The molecule has 0 aliphatic rings. The number of hydrogen-bond acceptors (Lipinski definition) is 3. The molecular formula is C11H16O3. The van der Waals surface area contributed by atoms with Crippen LogP contribution in [-0.2, 0) is 4.74 Å². The quantitative estimate of drug-likeness (QED) is 0.709. The number of phenols is 1. The maximum atomic E-state index is 9.02. The van der Waals surface area contributed by atoms with Crippen molar-refractivity contribution in [2.45, 2.75) is 13.3 Å². The molecule has 1 rings (SSSR count). The summed E-state index contributed by atoms with van der Waals surface area (Å²) < 4.78 is 10.6. The minimum Gasteiger partial charge on any atom is -0.508 e. The van der Waals surface area contributed by atoms with Crippen molar-refractivity contribution in [1.82, 2.24) is 0 Å². The van der Waals surface area contributed by atoms with E-state index in [9.17, 15) is 0 Å². The molecule has 1 aromatic carbocycles. The summed E-state index contributed by atoms with van der Waals surface area (Å²) in [6.07, 6.45) is 0.884. The van der Waals surface area contributed by atoms with Crippen molar-refractivity contribution in [3.8, 4) is 11.5 Å². The Morgan fingerprint density at radius 1 is 1.14 bits per heavy atom. The van der Waals surface area contributed by atoms with Gasteiger partial charge < -0.3 is 14.6 Å². The predicted molar refractivity (Wildman–Crippen MR) is 54.7 cm³/mol. The summed E-state index contributed by atoms with van der Waals surface area (Å²) in [6, 6.07) is 6.71. The smallest absolute Gasteiger partial charge is 0.119 e. The molecule has 3 nitrogen and oxygen atoms in total. The highest BCUT2D eigenvalue weighted by Crippen LogP contribution is 2.15. The van der Waals surface area contributed by atoms with Crippen LogP contribution in [0.15, 0.2) is 24.3 Å². The van der Waals surface area contributed by atoms with Crippen LogP contribution in [0.3, 0.4) is 0 Å². The maximum Gasteiger partial charge on any atom is 0.119 e. The normalized spacial score (nSPS) is 10.1. The summed E-state index contributed by atoms with van der Waals surface area (Å²) in [4.78, 5) is 0. The van der Waals surface area contributed by atoms with Gasteiger partial charge in [-0.2, -0.15) is 0 Å². The molecule has 0 aromatic heterocycles. The Morgan fingerprint density at radius 3 is 2.50 bits per heavy atom. The number of hydrogen-bond donors (Lipinski definition) is 1. The lowest BCUT2D eigenvalue weighted by molar-refractivity contribution is 0.131. The van der Waals surface area contributed by atoms with Crippen LogP contribution in [0.25, 0.3) is 0 Å². The fourth-order valence-electron chi connectivity index (χ4n) is 1.04. The highest BCUT2D eigenvalue weighted by atomic mass is 16.5. The molecule has 0 fully saturated rings. The first-order chi connectivity index (χ1) is 6.83. The summed E-state index contributed by atoms with van der Waals surface area (Å²) in [7, 11) is 0. The van der Waals surface area contributed by atoms with Gasteiger partial charge in [0.15, 0.2) is 0 Å². The second-order valence-electron chi connectivity index (χ2n) is 2.89. The van der Waals surface area contributed by atoms with Gasteiger partial charge in [0.05, 0.1) is 6.61 Å². The van der Waals surface area contributed by atoms with Crippen molar-refractivity contribution in [3.05, 3.63) is 24.3 Å². The third kappa shape index (κ3) is 4.14. The number of rotatable bonds is 6. The van der Waals surface area contributed by atoms with Gasteiger partial charge >= 0.3 is 0 Å². The van der Waals surface area contributed by atoms with E-state index < -0.39 is 0 Å². The van der Waals surface area contributed by atoms with Crippen molar-refractivity contribution in [2.75, 3.05) is 19.8 Å². The predicted octanol–water partition coefficient (Wildman–Crippen LogP) is 2.20. The molecule has 0 spiro atoms. The van der Waals surface area contributed by atoms with E-state index in [1.54, 1.807) is 24.3 Å². The summed E-state index contributed by atoms with van der Waals surface area (Å²) in [5, 5.41) is 9.02. The Kier molecular flexibility index (Phi) is 4.86. The van der Waals surface area contributed by atoms with Crippen LogP contribution in [0.2, 0.25) is 0 Å². The molecule has 0 heterocycles. The van der Waals surface area contributed by atoms with Gasteiger partial charge in [-0.3, -0.25) is 0 Å². The van der Waals surface area contributed by atoms with E-state index in [1.807, 2.05) is 6.92 Å². The Balaban J connectivity index is 2.15. The Labute approximate surface area is 84.3 Å². The van der Waals surface area contributed by atoms with Gasteiger partial charge in [0.1, 0.15) is 11.5 Å². The highest BCUT2D eigenvalue weighted by molar-refractivity contribution is 5.29. The van der Waals surface area contributed by atoms with E-state index in [2.05, 4.69) is 0 Å². The number of phenolic OH excluding ortho intramolecular Hbond substituents is 1. The Hall–Kier alpha value is -1.22. The second-order valence-corrected chi connectivity index (χ2v) is 2.89. The van der Waals surface area contributed by atoms with E-state index in [0.717, 1.165) is 25.4 Å². The summed E-state index contributed by atoms with van der Waals surface area (Å²) in [5.74, 6) is 1.03. The molecule has 14 heavy (non-hydrogen) atoms. The molecule has 0 unspecified atom stereocenters. The Bertz CT molecular complexity index is 243. The molecule has 3 heteroatoms. The van der Waals surface area contributed by atoms with Crippen LogP contribution in [0.4, 0.5) is 0 Å². The van der Waals surface area contributed by atoms with Gasteiger partial charge in [0, 0.05) is 19.6 Å². The summed E-state index contributed by atoms with van der Waals surface area (Å²) in [6.45, 7) is 4.10. The SMILES string of the molecule is CCOCCCOc1ccc(O)cc1. The van der Waals surface area contributed by atoms with Crippen molar-refractivity contribution in [3.63, 3.8) is 0 Å². The van der Waals surface area contributed by atoms with Gasteiger partial charge in [-0.1, -0.05) is 0 Å². The van der Waals surface area contributed by atoms with Gasteiger partial charge in [0.25, 0.3) is 0 Å². The lowest BCUT2D eigenvalue weighted by Crippen LogP contribution is -2.02. The van der Waals surface area contributed by atoms with Crippen molar-refractivity contribution >= 4 is 0 Å². The fourth-order valence-corrected chi connectivity index (χ4v) is 1.04. The van der Waals surface area contributed by atoms with E-state index in [-0.39, 0.29) is 5.75 Å². The van der Waals surface area contributed by atoms with E-state index in [4.69, 9.17) is 14.6 Å². The van der Waals surface area contributed by atoms with Crippen molar-refractivity contribution in [2.24, 2.45) is 0 Å². The topological polar surface area (TPSA) is 38.7 Å². The van der Waals surface area contributed by atoms with Crippen LogP contribution >= 0.6 is 0 Å². The highest BCUT2D eigenvalue weighted by Gasteiger charge is 1.93. The van der Waals surface area contributed by atoms with Crippen molar-refractivity contribution < 1.29 is 14.6 Å². The second kappa shape index (κ2) is 6.27. The first kappa shape index (κ1) is 10.9. The minimum absolute atomic E-state index is 0.256. The van der Waals surface area contributed by atoms with Gasteiger partial charge in [-0.25, -0.2) is 0 Å². The average molecular weight is 196 g/mol. The number of ether oxygens (including phenoxy) is 2. The molecule has 0 aliphatic carbocycles. The summed E-state index contributed by atoms with van der Waals surface area (Å²) >= 11 is 0. The third-order valence-corrected chi connectivity index (χ3v) is 1.74. The molecule has 0 amide bonds. The molecule has 0 bridgehead atoms. The van der Waals surface area contributed by atoms with Gasteiger partial charge in [-0.05, 0) is 31.2 Å². The molecule has 0 radical (unpaired) electrons. The molecule has 0 saturated heterocycles. The molecule has 0 atom stereocenters. The zero-order valence-corrected chi connectivity index (χ0v) is 8.40. The minimum atomic E-state index is 0.256. The zero-order valence-electron chi connectivity index (χ0n) is 8.40. The van der Waals surface area contributed by atoms with Crippen molar-refractivity contribution in [1.29, 1.82) is 0 Å². The molecule has 1 N–H and O–H groups in total. The lowest BCUT2D eigenvalue weighted by Gasteiger charge is -2.05. The van der Waals surface area contributed by atoms with Crippen LogP contribution in [0.1, 0.15) is 13.3 Å². The third-order valence-electron chi connectivity index (χ3n) is 1.74. The molecule has 0 aliphatic heterocycles. The first-order valence-corrected chi connectivity index (χ1v) is 4.82. The molecule has 78 valence electrons. The fraction of sp³-hybridized carbons (Fsp3) is 0.455.